The van der Waals surface area contributed by atoms with Gasteiger partial charge in [0.25, 0.3) is 0 Å². The van der Waals surface area contributed by atoms with Gasteiger partial charge in [-0.05, 0) is 48.1 Å². The van der Waals surface area contributed by atoms with Crippen molar-refractivity contribution in [3.63, 3.8) is 0 Å². The van der Waals surface area contributed by atoms with Gasteiger partial charge in [0, 0.05) is 0 Å². The van der Waals surface area contributed by atoms with Crippen LogP contribution in [0.25, 0.3) is 0 Å². The average molecular weight is 282 g/mol. The van der Waals surface area contributed by atoms with Crippen molar-refractivity contribution in [3.05, 3.63) is 24.3 Å². The maximum absolute atomic E-state index is 2.45. The van der Waals surface area contributed by atoms with Crippen LogP contribution in [-0.2, 0) is 0 Å². The minimum Gasteiger partial charge on any atom is -0.0775 e. The summed E-state index contributed by atoms with van der Waals surface area (Å²) in [6.45, 7) is 14.3. The highest BCUT2D eigenvalue weighted by Crippen LogP contribution is 2.38. The number of benzene rings is 1. The van der Waals surface area contributed by atoms with Crippen LogP contribution >= 0.6 is 15.8 Å². The van der Waals surface area contributed by atoms with Gasteiger partial charge in [-0.2, -0.15) is 0 Å². The predicted octanol–water partition coefficient (Wildman–Crippen LogP) is 4.47. The van der Waals surface area contributed by atoms with E-state index in [1.165, 1.54) is 12.3 Å². The third kappa shape index (κ3) is 4.99. The summed E-state index contributed by atoms with van der Waals surface area (Å²) in [6.07, 6.45) is 2.72. The summed E-state index contributed by atoms with van der Waals surface area (Å²) in [7, 11) is 0.0457. The molecule has 0 saturated heterocycles. The van der Waals surface area contributed by atoms with E-state index in [1.807, 2.05) is 0 Å². The summed E-state index contributed by atoms with van der Waals surface area (Å²) >= 11 is 0. The molecule has 2 atom stereocenters. The van der Waals surface area contributed by atoms with E-state index in [0.717, 1.165) is 11.8 Å². The molecule has 0 saturated carbocycles. The van der Waals surface area contributed by atoms with Crippen molar-refractivity contribution in [3.8, 4) is 0 Å². The lowest BCUT2D eigenvalue weighted by Gasteiger charge is -2.23. The average Bonchev–Trinajstić information content (AvgIpc) is 2.27. The monoisotopic (exact) mass is 282 g/mol. The van der Waals surface area contributed by atoms with Crippen LogP contribution in [0, 0.1) is 11.8 Å². The molecule has 0 aromatic heterocycles. The summed E-state index contributed by atoms with van der Waals surface area (Å²) in [5.41, 5.74) is 0. The molecule has 0 bridgehead atoms. The highest BCUT2D eigenvalue weighted by Gasteiger charge is 2.16. The van der Waals surface area contributed by atoms with Crippen molar-refractivity contribution in [2.75, 3.05) is 25.7 Å². The van der Waals surface area contributed by atoms with Gasteiger partial charge >= 0.3 is 0 Å². The van der Waals surface area contributed by atoms with Crippen molar-refractivity contribution < 1.29 is 0 Å². The molecule has 0 aliphatic carbocycles. The zero-order chi connectivity index (χ0) is 13.7. The topological polar surface area (TPSA) is 0 Å². The fourth-order valence-electron chi connectivity index (χ4n) is 2.40. The molecule has 0 N–H and O–H groups in total. The van der Waals surface area contributed by atoms with Gasteiger partial charge in [0.1, 0.15) is 0 Å². The predicted molar refractivity (Wildman–Crippen MR) is 90.8 cm³/mol. The van der Waals surface area contributed by atoms with Gasteiger partial charge in [0.15, 0.2) is 0 Å². The fraction of sp³-hybridized carbons (Fsp3) is 0.625. The molecule has 2 heteroatoms. The van der Waals surface area contributed by atoms with Gasteiger partial charge in [-0.3, -0.25) is 0 Å². The van der Waals surface area contributed by atoms with E-state index in [9.17, 15) is 0 Å². The van der Waals surface area contributed by atoms with Crippen LogP contribution in [0.5, 0.6) is 0 Å². The quantitative estimate of drug-likeness (QED) is 0.675. The lowest BCUT2D eigenvalue weighted by Crippen LogP contribution is -2.24. The van der Waals surface area contributed by atoms with Crippen molar-refractivity contribution in [2.45, 2.75) is 27.7 Å². The lowest BCUT2D eigenvalue weighted by atomic mass is 10.3. The minimum absolute atomic E-state index is 0.0228. The molecule has 1 aromatic carbocycles. The second kappa shape index (κ2) is 7.62. The van der Waals surface area contributed by atoms with Crippen LogP contribution in [0.3, 0.4) is 0 Å². The van der Waals surface area contributed by atoms with Crippen molar-refractivity contribution in [2.24, 2.45) is 11.8 Å². The Balaban J connectivity index is 2.91. The fourth-order valence-corrected chi connectivity index (χ4v) is 7.62. The molecule has 1 rings (SSSR count). The molecule has 0 spiro atoms. The van der Waals surface area contributed by atoms with E-state index in [1.54, 1.807) is 10.6 Å². The van der Waals surface area contributed by atoms with Crippen LogP contribution < -0.4 is 10.6 Å². The Morgan fingerprint density at radius 1 is 0.778 bits per heavy atom. The SMILES string of the molecule is CC(C)C[P@](C)c1ccccc1[P@@](C)CC(C)C. The molecule has 0 fully saturated rings. The molecule has 102 valence electrons. The lowest BCUT2D eigenvalue weighted by molar-refractivity contribution is 0.746. The van der Waals surface area contributed by atoms with Crippen LogP contribution in [0.1, 0.15) is 27.7 Å². The van der Waals surface area contributed by atoms with Crippen LogP contribution in [0.15, 0.2) is 24.3 Å². The number of rotatable bonds is 6. The maximum Gasteiger partial charge on any atom is -0.0167 e. The molecule has 0 nitrogen and oxygen atoms in total. The Morgan fingerprint density at radius 2 is 1.11 bits per heavy atom. The normalized spacial score (nSPS) is 15.1. The van der Waals surface area contributed by atoms with E-state index in [-0.39, 0.29) is 15.8 Å². The smallest absolute Gasteiger partial charge is 0.0167 e. The van der Waals surface area contributed by atoms with Gasteiger partial charge in [-0.1, -0.05) is 67.8 Å². The molecule has 18 heavy (non-hydrogen) atoms. The first-order valence-electron chi connectivity index (χ1n) is 6.93. The number of hydrogen-bond donors (Lipinski definition) is 0. The molecule has 0 aliphatic heterocycles. The Hall–Kier alpha value is 0.0800. The molecular weight excluding hydrogens is 254 g/mol. The zero-order valence-corrected chi connectivity index (χ0v) is 14.6. The second-order valence-corrected chi connectivity index (χ2v) is 10.5. The molecule has 0 amide bonds. The largest absolute Gasteiger partial charge is 0.0775 e. The van der Waals surface area contributed by atoms with Gasteiger partial charge in [0.2, 0.25) is 0 Å². The molecule has 0 heterocycles. The highest BCUT2D eigenvalue weighted by atomic mass is 31.1. The highest BCUT2D eigenvalue weighted by molar-refractivity contribution is 7.71. The van der Waals surface area contributed by atoms with E-state index >= 15 is 0 Å². The Bertz CT molecular complexity index is 323. The van der Waals surface area contributed by atoms with E-state index in [0.29, 0.717) is 0 Å². The molecular formula is C16H28P2. The van der Waals surface area contributed by atoms with Crippen molar-refractivity contribution in [1.29, 1.82) is 0 Å². The third-order valence-corrected chi connectivity index (χ3v) is 8.14. The minimum atomic E-state index is 0.0228. The first kappa shape index (κ1) is 16.1. The van der Waals surface area contributed by atoms with E-state index < -0.39 is 0 Å². The van der Waals surface area contributed by atoms with Crippen LogP contribution in [-0.4, -0.2) is 25.7 Å². The second-order valence-electron chi connectivity index (χ2n) is 6.04. The molecule has 0 aliphatic rings. The number of hydrogen-bond acceptors (Lipinski definition) is 0. The van der Waals surface area contributed by atoms with E-state index in [2.05, 4.69) is 65.3 Å². The van der Waals surface area contributed by atoms with Gasteiger partial charge < -0.3 is 0 Å². The van der Waals surface area contributed by atoms with Gasteiger partial charge in [-0.25, -0.2) is 0 Å². The Morgan fingerprint density at radius 3 is 1.39 bits per heavy atom. The maximum atomic E-state index is 2.45. The van der Waals surface area contributed by atoms with Gasteiger partial charge in [-0.15, -0.1) is 0 Å². The zero-order valence-electron chi connectivity index (χ0n) is 12.8. The molecule has 1 aromatic rings. The summed E-state index contributed by atoms with van der Waals surface area (Å²) < 4.78 is 0. The third-order valence-electron chi connectivity index (χ3n) is 2.98. The first-order valence-corrected chi connectivity index (χ1v) is 10.9. The van der Waals surface area contributed by atoms with Crippen molar-refractivity contribution in [1.82, 2.24) is 0 Å². The molecule has 0 radical (unpaired) electrons. The molecule has 0 unspecified atom stereocenters. The van der Waals surface area contributed by atoms with E-state index in [4.69, 9.17) is 0 Å². The van der Waals surface area contributed by atoms with Gasteiger partial charge in [0.05, 0.1) is 0 Å². The summed E-state index contributed by atoms with van der Waals surface area (Å²) in [5.74, 6) is 1.62. The first-order chi connectivity index (χ1) is 8.41. The van der Waals surface area contributed by atoms with Crippen molar-refractivity contribution >= 4 is 26.5 Å². The summed E-state index contributed by atoms with van der Waals surface area (Å²) in [6, 6.07) is 9.19. The Labute approximate surface area is 116 Å². The summed E-state index contributed by atoms with van der Waals surface area (Å²) in [4.78, 5) is 0. The van der Waals surface area contributed by atoms with Crippen LogP contribution in [0.2, 0.25) is 0 Å². The standard InChI is InChI=1S/C16H28P2/c1-13(2)11-17(5)15-9-7-8-10-16(15)18(6)12-14(3)4/h7-10,13-14H,11-12H2,1-6H3/t17-,18-/m0/s1. The Kier molecular flexibility index (Phi) is 6.83. The summed E-state index contributed by atoms with van der Waals surface area (Å²) in [5, 5.41) is 3.32. The van der Waals surface area contributed by atoms with Crippen LogP contribution in [0.4, 0.5) is 0 Å².